The average molecular weight is 188 g/mol. The van der Waals surface area contributed by atoms with Gasteiger partial charge in [-0.05, 0) is 13.3 Å². The minimum absolute atomic E-state index is 0.464. The number of hydrogen-bond donors (Lipinski definition) is 0. The smallest absolute Gasteiger partial charge is 0.146 e. The van der Waals surface area contributed by atoms with Crippen LogP contribution in [0.3, 0.4) is 0 Å². The molecular formula is C11H24O2. The van der Waals surface area contributed by atoms with Gasteiger partial charge in [0.05, 0.1) is 0 Å². The van der Waals surface area contributed by atoms with Crippen LogP contribution < -0.4 is 0 Å². The van der Waals surface area contributed by atoms with E-state index in [4.69, 9.17) is 9.47 Å². The number of ether oxygens (including phenoxy) is 2. The second kappa shape index (κ2) is 11.9. The Kier molecular flexibility index (Phi) is 11.8. The molecular weight excluding hydrogens is 164 g/mol. The summed E-state index contributed by atoms with van der Waals surface area (Å²) in [7, 11) is 0. The predicted octanol–water partition coefficient (Wildman–Crippen LogP) is 3.36. The van der Waals surface area contributed by atoms with E-state index < -0.39 is 0 Å². The van der Waals surface area contributed by atoms with E-state index in [1.807, 2.05) is 6.92 Å². The molecule has 0 spiro atoms. The third-order valence-electron chi connectivity index (χ3n) is 2.01. The molecule has 0 fully saturated rings. The fraction of sp³-hybridized carbons (Fsp3) is 1.00. The van der Waals surface area contributed by atoms with E-state index in [9.17, 15) is 0 Å². The zero-order valence-corrected chi connectivity index (χ0v) is 9.18. The van der Waals surface area contributed by atoms with Crippen LogP contribution in [0.1, 0.15) is 52.4 Å². The molecule has 0 saturated heterocycles. The molecule has 0 N–H and O–H groups in total. The van der Waals surface area contributed by atoms with Crippen molar-refractivity contribution in [2.75, 3.05) is 20.0 Å². The SMILES string of the molecule is CCCCCCCCOCOCC. The molecule has 0 aliphatic heterocycles. The van der Waals surface area contributed by atoms with Gasteiger partial charge in [-0.25, -0.2) is 0 Å². The first-order valence-electron chi connectivity index (χ1n) is 5.57. The summed E-state index contributed by atoms with van der Waals surface area (Å²) < 4.78 is 10.3. The topological polar surface area (TPSA) is 18.5 Å². The van der Waals surface area contributed by atoms with E-state index in [0.29, 0.717) is 6.79 Å². The van der Waals surface area contributed by atoms with E-state index in [-0.39, 0.29) is 0 Å². The molecule has 0 radical (unpaired) electrons. The molecule has 0 aliphatic carbocycles. The van der Waals surface area contributed by atoms with Crippen LogP contribution in [0.4, 0.5) is 0 Å². The molecule has 2 heteroatoms. The van der Waals surface area contributed by atoms with Crippen molar-refractivity contribution >= 4 is 0 Å². The zero-order valence-electron chi connectivity index (χ0n) is 9.18. The lowest BCUT2D eigenvalue weighted by Crippen LogP contribution is -2.00. The molecule has 0 aromatic rings. The lowest BCUT2D eigenvalue weighted by atomic mass is 10.1. The first-order valence-corrected chi connectivity index (χ1v) is 5.57. The molecule has 0 aromatic heterocycles. The van der Waals surface area contributed by atoms with E-state index >= 15 is 0 Å². The number of rotatable bonds is 10. The molecule has 0 rings (SSSR count). The minimum Gasteiger partial charge on any atom is -0.356 e. The molecule has 0 atom stereocenters. The quantitative estimate of drug-likeness (QED) is 0.386. The summed E-state index contributed by atoms with van der Waals surface area (Å²) in [4.78, 5) is 0. The van der Waals surface area contributed by atoms with Crippen molar-refractivity contribution in [2.24, 2.45) is 0 Å². The van der Waals surface area contributed by atoms with E-state index in [1.165, 1.54) is 38.5 Å². The summed E-state index contributed by atoms with van der Waals surface area (Å²) in [6.45, 7) is 6.29. The fourth-order valence-corrected chi connectivity index (χ4v) is 1.19. The van der Waals surface area contributed by atoms with Crippen LogP contribution in [-0.2, 0) is 9.47 Å². The molecule has 0 aromatic carbocycles. The Morgan fingerprint density at radius 2 is 1.46 bits per heavy atom. The monoisotopic (exact) mass is 188 g/mol. The fourth-order valence-electron chi connectivity index (χ4n) is 1.19. The largest absolute Gasteiger partial charge is 0.356 e. The third-order valence-corrected chi connectivity index (χ3v) is 2.01. The van der Waals surface area contributed by atoms with E-state index in [1.54, 1.807) is 0 Å². The van der Waals surface area contributed by atoms with Gasteiger partial charge in [-0.15, -0.1) is 0 Å². The maximum atomic E-state index is 5.26. The highest BCUT2D eigenvalue weighted by molar-refractivity contribution is 4.42. The summed E-state index contributed by atoms with van der Waals surface area (Å²) >= 11 is 0. The Labute approximate surface area is 82.6 Å². The van der Waals surface area contributed by atoms with Gasteiger partial charge in [0.1, 0.15) is 6.79 Å². The minimum atomic E-state index is 0.464. The van der Waals surface area contributed by atoms with Crippen molar-refractivity contribution < 1.29 is 9.47 Å². The van der Waals surface area contributed by atoms with E-state index in [0.717, 1.165) is 13.2 Å². The molecule has 0 heterocycles. The standard InChI is InChI=1S/C11H24O2/c1-3-5-6-7-8-9-10-13-11-12-4-2/h3-11H2,1-2H3. The van der Waals surface area contributed by atoms with Gasteiger partial charge >= 0.3 is 0 Å². The van der Waals surface area contributed by atoms with Crippen molar-refractivity contribution in [1.29, 1.82) is 0 Å². The van der Waals surface area contributed by atoms with Crippen molar-refractivity contribution in [2.45, 2.75) is 52.4 Å². The Morgan fingerprint density at radius 1 is 0.769 bits per heavy atom. The number of hydrogen-bond acceptors (Lipinski definition) is 2. The molecule has 0 aliphatic rings. The van der Waals surface area contributed by atoms with Gasteiger partial charge in [0.2, 0.25) is 0 Å². The Morgan fingerprint density at radius 3 is 2.15 bits per heavy atom. The zero-order chi connectivity index (χ0) is 9.78. The second-order valence-corrected chi connectivity index (χ2v) is 3.29. The molecule has 0 unspecified atom stereocenters. The maximum Gasteiger partial charge on any atom is 0.146 e. The summed E-state index contributed by atoms with van der Waals surface area (Å²) in [5.41, 5.74) is 0. The van der Waals surface area contributed by atoms with Crippen molar-refractivity contribution in [3.8, 4) is 0 Å². The molecule has 80 valence electrons. The highest BCUT2D eigenvalue weighted by Gasteiger charge is 1.90. The van der Waals surface area contributed by atoms with Gasteiger partial charge in [0.15, 0.2) is 0 Å². The second-order valence-electron chi connectivity index (χ2n) is 3.29. The van der Waals surface area contributed by atoms with E-state index in [2.05, 4.69) is 6.92 Å². The Balaban J connectivity index is 2.76. The van der Waals surface area contributed by atoms with Gasteiger partial charge in [-0.3, -0.25) is 0 Å². The Hall–Kier alpha value is -0.0800. The lowest BCUT2D eigenvalue weighted by molar-refractivity contribution is -0.0502. The third kappa shape index (κ3) is 11.9. The molecule has 0 saturated carbocycles. The van der Waals surface area contributed by atoms with Crippen LogP contribution in [-0.4, -0.2) is 20.0 Å². The highest BCUT2D eigenvalue weighted by atomic mass is 16.7. The maximum absolute atomic E-state index is 5.26. The van der Waals surface area contributed by atoms with Gasteiger partial charge < -0.3 is 9.47 Å². The van der Waals surface area contributed by atoms with Gasteiger partial charge in [-0.2, -0.15) is 0 Å². The van der Waals surface area contributed by atoms with Gasteiger partial charge in [-0.1, -0.05) is 39.0 Å². The van der Waals surface area contributed by atoms with Crippen molar-refractivity contribution in [3.05, 3.63) is 0 Å². The highest BCUT2D eigenvalue weighted by Crippen LogP contribution is 2.04. The average Bonchev–Trinajstić information content (AvgIpc) is 2.16. The molecule has 13 heavy (non-hydrogen) atoms. The van der Waals surface area contributed by atoms with Crippen molar-refractivity contribution in [1.82, 2.24) is 0 Å². The summed E-state index contributed by atoms with van der Waals surface area (Å²) in [6, 6.07) is 0. The first-order chi connectivity index (χ1) is 6.41. The van der Waals surface area contributed by atoms with Gasteiger partial charge in [0, 0.05) is 13.2 Å². The van der Waals surface area contributed by atoms with Crippen molar-refractivity contribution in [3.63, 3.8) is 0 Å². The van der Waals surface area contributed by atoms with Crippen LogP contribution in [0.25, 0.3) is 0 Å². The summed E-state index contributed by atoms with van der Waals surface area (Å²) in [5, 5.41) is 0. The van der Waals surface area contributed by atoms with Crippen LogP contribution in [0.2, 0.25) is 0 Å². The predicted molar refractivity (Wildman–Crippen MR) is 55.8 cm³/mol. The van der Waals surface area contributed by atoms with Crippen LogP contribution in [0, 0.1) is 0 Å². The normalized spacial score (nSPS) is 10.6. The summed E-state index contributed by atoms with van der Waals surface area (Å²) in [6.07, 6.45) is 7.90. The van der Waals surface area contributed by atoms with Gasteiger partial charge in [0.25, 0.3) is 0 Å². The number of unbranched alkanes of at least 4 members (excludes halogenated alkanes) is 5. The van der Waals surface area contributed by atoms with Crippen LogP contribution >= 0.6 is 0 Å². The molecule has 0 bridgehead atoms. The molecule has 0 amide bonds. The van der Waals surface area contributed by atoms with Crippen LogP contribution in [0.5, 0.6) is 0 Å². The Bertz CT molecular complexity index is 74.2. The first kappa shape index (κ1) is 12.9. The van der Waals surface area contributed by atoms with Crippen LogP contribution in [0.15, 0.2) is 0 Å². The summed E-state index contributed by atoms with van der Waals surface area (Å²) in [5.74, 6) is 0. The lowest BCUT2D eigenvalue weighted by Gasteiger charge is -2.03. The molecule has 2 nitrogen and oxygen atoms in total.